The van der Waals surface area contributed by atoms with Gasteiger partial charge in [0.25, 0.3) is 0 Å². The minimum absolute atomic E-state index is 0.520. The van der Waals surface area contributed by atoms with Crippen LogP contribution in [0.15, 0.2) is 0 Å². The average molecular weight is 142 g/mol. The molecule has 0 bridgehead atoms. The second-order valence-electron chi connectivity index (χ2n) is 2.79. The first-order valence-electron chi connectivity index (χ1n) is 3.41. The molecule has 3 heteroatoms. The van der Waals surface area contributed by atoms with Crippen LogP contribution in [0.5, 0.6) is 0 Å². The molecule has 0 radical (unpaired) electrons. The van der Waals surface area contributed by atoms with Gasteiger partial charge in [-0.3, -0.25) is 4.79 Å². The molecule has 0 aromatic heterocycles. The summed E-state index contributed by atoms with van der Waals surface area (Å²) in [5, 5.41) is 8.63. The van der Waals surface area contributed by atoms with Crippen LogP contribution in [0.1, 0.15) is 25.7 Å². The van der Waals surface area contributed by atoms with Gasteiger partial charge < -0.3 is 9.90 Å². The van der Waals surface area contributed by atoms with Crippen molar-refractivity contribution in [2.24, 2.45) is 5.41 Å². The van der Waals surface area contributed by atoms with E-state index in [0.29, 0.717) is 19.1 Å². The van der Waals surface area contributed by atoms with Gasteiger partial charge in [-0.1, -0.05) is 12.8 Å². The fourth-order valence-corrected chi connectivity index (χ4v) is 1.39. The molecule has 1 N–H and O–H groups in total. The molecule has 0 saturated heterocycles. The quantitative estimate of drug-likeness (QED) is 0.459. The SMILES string of the molecule is O=CC1(C(=O)O)CCCC1. The van der Waals surface area contributed by atoms with E-state index in [0.717, 1.165) is 12.8 Å². The number of aliphatic carboxylic acids is 1. The molecule has 0 aliphatic heterocycles. The number of carboxylic acid groups (broad SMARTS) is 1. The molecule has 0 atom stereocenters. The van der Waals surface area contributed by atoms with Gasteiger partial charge in [0.05, 0.1) is 0 Å². The maximum Gasteiger partial charge on any atom is 0.316 e. The van der Waals surface area contributed by atoms with E-state index in [2.05, 4.69) is 0 Å². The van der Waals surface area contributed by atoms with Crippen LogP contribution in [0.3, 0.4) is 0 Å². The van der Waals surface area contributed by atoms with Crippen LogP contribution in [0.2, 0.25) is 0 Å². The molecule has 1 saturated carbocycles. The van der Waals surface area contributed by atoms with Crippen molar-refractivity contribution in [2.75, 3.05) is 0 Å². The predicted molar refractivity (Wildman–Crippen MR) is 34.6 cm³/mol. The zero-order valence-electron chi connectivity index (χ0n) is 5.67. The fourth-order valence-electron chi connectivity index (χ4n) is 1.39. The molecule has 1 fully saturated rings. The Kier molecular flexibility index (Phi) is 1.74. The molecular formula is C7H10O3. The largest absolute Gasteiger partial charge is 0.481 e. The number of carbonyl (C=O) groups is 2. The summed E-state index contributed by atoms with van der Waals surface area (Å²) >= 11 is 0. The van der Waals surface area contributed by atoms with Crippen molar-refractivity contribution >= 4 is 12.3 Å². The van der Waals surface area contributed by atoms with E-state index in [1.807, 2.05) is 0 Å². The summed E-state index contributed by atoms with van der Waals surface area (Å²) in [6.07, 6.45) is 3.36. The maximum atomic E-state index is 10.5. The smallest absolute Gasteiger partial charge is 0.316 e. The maximum absolute atomic E-state index is 10.5. The number of carboxylic acids is 1. The normalized spacial score (nSPS) is 22.4. The Labute approximate surface area is 59.0 Å². The van der Waals surface area contributed by atoms with Crippen LogP contribution >= 0.6 is 0 Å². The molecule has 0 aromatic rings. The van der Waals surface area contributed by atoms with Gasteiger partial charge in [0, 0.05) is 0 Å². The Morgan fingerprint density at radius 3 is 2.10 bits per heavy atom. The minimum Gasteiger partial charge on any atom is -0.481 e. The molecule has 1 rings (SSSR count). The monoisotopic (exact) mass is 142 g/mol. The molecule has 0 unspecified atom stereocenters. The third-order valence-corrected chi connectivity index (χ3v) is 2.15. The summed E-state index contributed by atoms with van der Waals surface area (Å²) in [5.41, 5.74) is -1.03. The van der Waals surface area contributed by atoms with Crippen molar-refractivity contribution in [1.29, 1.82) is 0 Å². The molecule has 0 heterocycles. The van der Waals surface area contributed by atoms with Gasteiger partial charge in [0.15, 0.2) is 0 Å². The van der Waals surface area contributed by atoms with Gasteiger partial charge in [0.2, 0.25) is 0 Å². The highest BCUT2D eigenvalue weighted by molar-refractivity contribution is 5.92. The van der Waals surface area contributed by atoms with Crippen LogP contribution in [0.4, 0.5) is 0 Å². The van der Waals surface area contributed by atoms with Crippen LogP contribution in [-0.4, -0.2) is 17.4 Å². The Morgan fingerprint density at radius 1 is 1.40 bits per heavy atom. The first-order chi connectivity index (χ1) is 4.71. The summed E-state index contributed by atoms with van der Waals surface area (Å²) in [5.74, 6) is -0.958. The average Bonchev–Trinajstić information content (AvgIpc) is 2.35. The molecule has 10 heavy (non-hydrogen) atoms. The molecule has 56 valence electrons. The zero-order valence-corrected chi connectivity index (χ0v) is 5.67. The van der Waals surface area contributed by atoms with Gasteiger partial charge in [0.1, 0.15) is 11.7 Å². The van der Waals surface area contributed by atoms with Crippen molar-refractivity contribution in [3.63, 3.8) is 0 Å². The van der Waals surface area contributed by atoms with E-state index in [1.165, 1.54) is 0 Å². The van der Waals surface area contributed by atoms with Crippen LogP contribution in [0, 0.1) is 5.41 Å². The summed E-state index contributed by atoms with van der Waals surface area (Å²) in [7, 11) is 0. The molecule has 3 nitrogen and oxygen atoms in total. The summed E-state index contributed by atoms with van der Waals surface area (Å²) < 4.78 is 0. The number of hydrogen-bond donors (Lipinski definition) is 1. The van der Waals surface area contributed by atoms with Crippen molar-refractivity contribution in [2.45, 2.75) is 25.7 Å². The highest BCUT2D eigenvalue weighted by Gasteiger charge is 2.40. The molecule has 0 spiro atoms. The minimum atomic E-state index is -1.03. The van der Waals surface area contributed by atoms with Crippen molar-refractivity contribution in [3.05, 3.63) is 0 Å². The van der Waals surface area contributed by atoms with E-state index < -0.39 is 11.4 Å². The predicted octanol–water partition coefficient (Wildman–Crippen LogP) is 0.830. The summed E-state index contributed by atoms with van der Waals surface area (Å²) in [6, 6.07) is 0. The van der Waals surface area contributed by atoms with Crippen molar-refractivity contribution < 1.29 is 14.7 Å². The molecule has 0 amide bonds. The lowest BCUT2D eigenvalue weighted by Crippen LogP contribution is -2.28. The van der Waals surface area contributed by atoms with Crippen LogP contribution in [-0.2, 0) is 9.59 Å². The highest BCUT2D eigenvalue weighted by Crippen LogP contribution is 2.36. The Hall–Kier alpha value is -0.860. The lowest BCUT2D eigenvalue weighted by atomic mass is 9.89. The third-order valence-electron chi connectivity index (χ3n) is 2.15. The Balaban J connectivity index is 2.76. The van der Waals surface area contributed by atoms with Gasteiger partial charge >= 0.3 is 5.97 Å². The van der Waals surface area contributed by atoms with Crippen molar-refractivity contribution in [3.8, 4) is 0 Å². The van der Waals surface area contributed by atoms with E-state index in [9.17, 15) is 9.59 Å². The number of carbonyl (C=O) groups excluding carboxylic acids is 1. The molecular weight excluding hydrogens is 132 g/mol. The van der Waals surface area contributed by atoms with Crippen LogP contribution < -0.4 is 0 Å². The topological polar surface area (TPSA) is 54.4 Å². The Morgan fingerprint density at radius 2 is 1.90 bits per heavy atom. The van der Waals surface area contributed by atoms with Gasteiger partial charge in [-0.2, -0.15) is 0 Å². The van der Waals surface area contributed by atoms with E-state index in [-0.39, 0.29) is 0 Å². The van der Waals surface area contributed by atoms with Gasteiger partial charge in [-0.05, 0) is 12.8 Å². The summed E-state index contributed by atoms with van der Waals surface area (Å²) in [4.78, 5) is 20.9. The van der Waals surface area contributed by atoms with Crippen LogP contribution in [0.25, 0.3) is 0 Å². The third kappa shape index (κ3) is 0.916. The second kappa shape index (κ2) is 2.40. The standard InChI is InChI=1S/C7H10O3/c8-5-7(6(9)10)3-1-2-4-7/h5H,1-4H2,(H,9,10). The fraction of sp³-hybridized carbons (Fsp3) is 0.714. The zero-order chi connectivity index (χ0) is 7.61. The van der Waals surface area contributed by atoms with E-state index in [1.54, 1.807) is 0 Å². The lowest BCUT2D eigenvalue weighted by molar-refractivity contribution is -0.150. The van der Waals surface area contributed by atoms with Crippen molar-refractivity contribution in [1.82, 2.24) is 0 Å². The molecule has 1 aliphatic rings. The van der Waals surface area contributed by atoms with E-state index >= 15 is 0 Å². The summed E-state index contributed by atoms with van der Waals surface area (Å²) in [6.45, 7) is 0. The first-order valence-corrected chi connectivity index (χ1v) is 3.41. The van der Waals surface area contributed by atoms with Gasteiger partial charge in [-0.25, -0.2) is 0 Å². The van der Waals surface area contributed by atoms with Gasteiger partial charge in [-0.15, -0.1) is 0 Å². The second-order valence-corrected chi connectivity index (χ2v) is 2.79. The first kappa shape index (κ1) is 7.25. The lowest BCUT2D eigenvalue weighted by Gasteiger charge is -2.13. The highest BCUT2D eigenvalue weighted by atomic mass is 16.4. The number of hydrogen-bond acceptors (Lipinski definition) is 2. The molecule has 1 aliphatic carbocycles. The number of aldehydes is 1. The van der Waals surface area contributed by atoms with E-state index in [4.69, 9.17) is 5.11 Å². The Bertz CT molecular complexity index is 156. The molecule has 0 aromatic carbocycles. The number of rotatable bonds is 2.